The molecule has 11 heteroatoms. The summed E-state index contributed by atoms with van der Waals surface area (Å²) in [5.41, 5.74) is 2.07. The Morgan fingerprint density at radius 1 is 1.16 bits per heavy atom. The van der Waals surface area contributed by atoms with Crippen molar-refractivity contribution in [3.05, 3.63) is 89.1 Å². The van der Waals surface area contributed by atoms with Gasteiger partial charge in [0.2, 0.25) is 5.82 Å². The highest BCUT2D eigenvalue weighted by molar-refractivity contribution is 7.99. The molecule has 7 nitrogen and oxygen atoms in total. The predicted molar refractivity (Wildman–Crippen MR) is 167 cm³/mol. The number of H-pyrrole nitrogens is 2. The van der Waals surface area contributed by atoms with Crippen molar-refractivity contribution in [2.24, 2.45) is 0 Å². The topological polar surface area (TPSA) is 89.2 Å². The summed E-state index contributed by atoms with van der Waals surface area (Å²) in [7, 11) is 0. The van der Waals surface area contributed by atoms with E-state index in [1.54, 1.807) is 25.4 Å². The van der Waals surface area contributed by atoms with Crippen molar-refractivity contribution in [2.75, 3.05) is 12.9 Å². The number of rotatable bonds is 9. The van der Waals surface area contributed by atoms with E-state index in [4.69, 9.17) is 19.2 Å². The molecule has 1 aliphatic heterocycles. The van der Waals surface area contributed by atoms with Crippen LogP contribution < -0.4 is 9.47 Å². The van der Waals surface area contributed by atoms with Crippen LogP contribution in [0.2, 0.25) is 0 Å². The molecule has 3 heterocycles. The number of para-hydroxylation sites is 1. The number of imidazole rings is 1. The molecule has 2 unspecified atom stereocenters. The number of hydrogen-bond donors (Lipinski definition) is 2. The van der Waals surface area contributed by atoms with Gasteiger partial charge >= 0.3 is 5.97 Å². The summed E-state index contributed by atoms with van der Waals surface area (Å²) in [4.78, 5) is 23.1. The van der Waals surface area contributed by atoms with Gasteiger partial charge in [0.1, 0.15) is 23.1 Å². The summed E-state index contributed by atoms with van der Waals surface area (Å²) >= 11 is 1.22. The van der Waals surface area contributed by atoms with E-state index in [9.17, 15) is 9.18 Å². The van der Waals surface area contributed by atoms with Gasteiger partial charge in [-0.25, -0.2) is 13.8 Å². The van der Waals surface area contributed by atoms with Crippen LogP contribution in [0.25, 0.3) is 22.3 Å². The van der Waals surface area contributed by atoms with E-state index < -0.39 is 22.9 Å². The molecular weight excluding hydrogens is 603 g/mol. The monoisotopic (exact) mass is 635 g/mol. The average molecular weight is 636 g/mol. The lowest BCUT2D eigenvalue weighted by molar-refractivity contribution is -0.143. The van der Waals surface area contributed by atoms with Crippen molar-refractivity contribution in [3.63, 3.8) is 0 Å². The molecule has 2 atom stereocenters. The number of nitrogens with one attached hydrogen (secondary N) is 2. The number of fused-ring (bicyclic) bond motifs is 2. The number of carbonyl (C=O) groups excluding carboxylic acids is 1. The Morgan fingerprint density at radius 2 is 1.98 bits per heavy atom. The van der Waals surface area contributed by atoms with Gasteiger partial charge in [0.15, 0.2) is 11.6 Å². The largest absolute Gasteiger partial charge is 0.490 e. The Morgan fingerprint density at radius 3 is 2.76 bits per heavy atom. The molecule has 0 bridgehead atoms. The molecule has 2 aromatic heterocycles. The van der Waals surface area contributed by atoms with Gasteiger partial charge in [-0.1, -0.05) is 18.2 Å². The van der Waals surface area contributed by atoms with Gasteiger partial charge in [0, 0.05) is 35.2 Å². The van der Waals surface area contributed by atoms with Crippen LogP contribution in [0.3, 0.4) is 0 Å². The number of ether oxygens (including phenoxy) is 3. The number of aromatic amines is 2. The van der Waals surface area contributed by atoms with E-state index in [0.29, 0.717) is 41.2 Å². The molecule has 0 saturated heterocycles. The van der Waals surface area contributed by atoms with E-state index >= 15 is 8.78 Å². The van der Waals surface area contributed by atoms with Crippen molar-refractivity contribution in [3.8, 4) is 28.6 Å². The van der Waals surface area contributed by atoms with Gasteiger partial charge in [-0.2, -0.15) is 4.39 Å². The van der Waals surface area contributed by atoms with Crippen molar-refractivity contribution in [1.82, 2.24) is 15.0 Å². The molecule has 3 aromatic carbocycles. The maximum atomic E-state index is 15.2. The lowest BCUT2D eigenvalue weighted by atomic mass is 9.73. The first kappa shape index (κ1) is 30.6. The molecule has 0 fully saturated rings. The minimum atomic E-state index is -1.14. The Bertz CT molecular complexity index is 1910. The number of esters is 1. The second kappa shape index (κ2) is 12.2. The fourth-order valence-electron chi connectivity index (χ4n) is 6.07. The Hall–Kier alpha value is -4.38. The van der Waals surface area contributed by atoms with Gasteiger partial charge in [-0.05, 0) is 69.7 Å². The molecule has 45 heavy (non-hydrogen) atoms. The first-order valence-corrected chi connectivity index (χ1v) is 15.9. The first-order valence-electron chi connectivity index (χ1n) is 14.6. The van der Waals surface area contributed by atoms with E-state index in [-0.39, 0.29) is 46.9 Å². The van der Waals surface area contributed by atoms with Crippen LogP contribution in [0.15, 0.2) is 59.8 Å². The molecular formula is C34H32F3N3O4S. The summed E-state index contributed by atoms with van der Waals surface area (Å²) in [6.07, 6.45) is 6.18. The van der Waals surface area contributed by atoms with Gasteiger partial charge in [-0.3, -0.25) is 4.79 Å². The van der Waals surface area contributed by atoms with E-state index in [1.807, 2.05) is 25.1 Å². The number of aryl methyl sites for hydroxylation is 1. The molecule has 2 N–H and O–H groups in total. The minimum Gasteiger partial charge on any atom is -0.490 e. The average Bonchev–Trinajstić information content (AvgIpc) is 3.71. The number of carbonyl (C=O) groups is 1. The van der Waals surface area contributed by atoms with Crippen molar-refractivity contribution >= 4 is 28.6 Å². The third-order valence-corrected chi connectivity index (χ3v) is 8.99. The van der Waals surface area contributed by atoms with Crippen LogP contribution in [0, 0.1) is 17.5 Å². The SMILES string of the molecule is CCOC(=O)CCc1cccc2c1OC(C)CC2(C)c1c[nH]c(-c2cc(Oc3c(F)c(F)c4[nH]ccc4c3SC)ccc2F)n1. The normalized spacial score (nSPS) is 17.6. The first-order chi connectivity index (χ1) is 21.6. The lowest BCUT2D eigenvalue weighted by Gasteiger charge is -2.39. The highest BCUT2D eigenvalue weighted by Crippen LogP contribution is 2.47. The van der Waals surface area contributed by atoms with Gasteiger partial charge in [-0.15, -0.1) is 11.8 Å². The summed E-state index contributed by atoms with van der Waals surface area (Å²) in [6.45, 7) is 6.14. The van der Waals surface area contributed by atoms with Gasteiger partial charge in [0.25, 0.3) is 0 Å². The van der Waals surface area contributed by atoms with Crippen LogP contribution in [0.1, 0.15) is 50.4 Å². The number of aromatic nitrogens is 3. The lowest BCUT2D eigenvalue weighted by Crippen LogP contribution is -2.36. The number of hydrogen-bond acceptors (Lipinski definition) is 6. The summed E-state index contributed by atoms with van der Waals surface area (Å²) in [6, 6.07) is 11.5. The fraction of sp³-hybridized carbons (Fsp3) is 0.294. The number of halogens is 3. The highest BCUT2D eigenvalue weighted by Gasteiger charge is 2.41. The quantitative estimate of drug-likeness (QED) is 0.125. The molecule has 0 saturated carbocycles. The van der Waals surface area contributed by atoms with Crippen LogP contribution in [-0.4, -0.2) is 39.9 Å². The summed E-state index contributed by atoms with van der Waals surface area (Å²) in [5.74, 6) is -2.20. The highest BCUT2D eigenvalue weighted by atomic mass is 32.2. The molecule has 6 rings (SSSR count). The third kappa shape index (κ3) is 5.54. The van der Waals surface area contributed by atoms with Crippen LogP contribution in [0.5, 0.6) is 17.2 Å². The van der Waals surface area contributed by atoms with Crippen molar-refractivity contribution in [2.45, 2.75) is 56.4 Å². The second-order valence-corrected chi connectivity index (χ2v) is 12.0. The zero-order valence-electron chi connectivity index (χ0n) is 25.2. The minimum absolute atomic E-state index is 0.0516. The molecule has 0 spiro atoms. The third-order valence-electron chi connectivity index (χ3n) is 8.18. The maximum Gasteiger partial charge on any atom is 0.306 e. The molecule has 0 aliphatic carbocycles. The molecule has 0 amide bonds. The smallest absolute Gasteiger partial charge is 0.306 e. The number of thioether (sulfide) groups is 1. The number of benzene rings is 3. The van der Waals surface area contributed by atoms with Crippen LogP contribution >= 0.6 is 11.8 Å². The Balaban J connectivity index is 1.34. The standard InChI is InChI=1S/C34H32F3N3O4S/c1-5-42-26(41)12-9-19-7-6-8-23-30(19)43-18(2)16-34(23,3)25-17-39-33(40-25)22-15-20(10-11-24(22)35)44-31-28(37)27(36)29-21(13-14-38-29)32(31)45-4/h6-8,10-11,13-15,17-18,38H,5,9,12,16H2,1-4H3,(H,39,40). The van der Waals surface area contributed by atoms with Crippen LogP contribution in [-0.2, 0) is 21.4 Å². The van der Waals surface area contributed by atoms with Gasteiger partial charge < -0.3 is 24.2 Å². The number of nitrogens with zero attached hydrogens (tertiary/aromatic N) is 1. The van der Waals surface area contributed by atoms with Gasteiger partial charge in [0.05, 0.1) is 34.4 Å². The molecule has 234 valence electrons. The molecule has 1 aliphatic rings. The fourth-order valence-corrected chi connectivity index (χ4v) is 6.78. The zero-order valence-corrected chi connectivity index (χ0v) is 26.0. The Labute approximate surface area is 262 Å². The van der Waals surface area contributed by atoms with E-state index in [0.717, 1.165) is 11.1 Å². The molecule has 5 aromatic rings. The summed E-state index contributed by atoms with van der Waals surface area (Å²) in [5, 5.41) is 0.484. The van der Waals surface area contributed by atoms with Crippen molar-refractivity contribution < 1.29 is 32.2 Å². The Kier molecular flexibility index (Phi) is 8.30. The molecule has 0 radical (unpaired) electrons. The van der Waals surface area contributed by atoms with E-state index in [2.05, 4.69) is 16.9 Å². The summed E-state index contributed by atoms with van der Waals surface area (Å²) < 4.78 is 62.4. The van der Waals surface area contributed by atoms with E-state index in [1.165, 1.54) is 36.2 Å². The predicted octanol–water partition coefficient (Wildman–Crippen LogP) is 8.46. The van der Waals surface area contributed by atoms with Crippen LogP contribution in [0.4, 0.5) is 13.2 Å². The second-order valence-electron chi connectivity index (χ2n) is 11.2. The zero-order chi connectivity index (χ0) is 31.9. The maximum absolute atomic E-state index is 15.2. The van der Waals surface area contributed by atoms with Crippen molar-refractivity contribution in [1.29, 1.82) is 0 Å².